The van der Waals surface area contributed by atoms with Gasteiger partial charge in [0.25, 0.3) is 0 Å². The minimum atomic E-state index is -0.419. The Bertz CT molecular complexity index is 423. The molecule has 2 bridgehead atoms. The van der Waals surface area contributed by atoms with Crippen molar-refractivity contribution in [1.82, 2.24) is 4.90 Å². The topological polar surface area (TPSA) is 49.8 Å². The quantitative estimate of drug-likeness (QED) is 0.796. The summed E-state index contributed by atoms with van der Waals surface area (Å²) in [5.74, 6) is 1.13. The molecule has 0 unspecified atom stereocenters. The van der Waals surface area contributed by atoms with Crippen molar-refractivity contribution in [1.29, 1.82) is 0 Å². The number of likely N-dealkylation sites (tertiary alicyclic amines) is 1. The third kappa shape index (κ3) is 0.904. The number of rotatable bonds is 2. The SMILES string of the molecule is CC[C@]12O[C@@H]3[C@H](O)[C@H]4C[C@H]3[C@@H]1[C@@H]4C(=O)N2C(C)C. The molecule has 4 fully saturated rings. The lowest BCUT2D eigenvalue weighted by Crippen LogP contribution is -2.53. The fourth-order valence-corrected chi connectivity index (χ4v) is 5.50. The van der Waals surface area contributed by atoms with E-state index in [9.17, 15) is 9.90 Å². The summed E-state index contributed by atoms with van der Waals surface area (Å²) in [5.41, 5.74) is -0.419. The molecule has 0 aromatic rings. The molecule has 4 nitrogen and oxygen atoms in total. The lowest BCUT2D eigenvalue weighted by molar-refractivity contribution is -0.184. The molecule has 2 saturated carbocycles. The summed E-state index contributed by atoms with van der Waals surface area (Å²) in [4.78, 5) is 14.7. The van der Waals surface area contributed by atoms with Crippen LogP contribution in [0.1, 0.15) is 33.6 Å². The summed E-state index contributed by atoms with van der Waals surface area (Å²) in [6.45, 7) is 6.24. The molecule has 0 spiro atoms. The second-order valence-electron chi connectivity index (χ2n) is 6.69. The van der Waals surface area contributed by atoms with Gasteiger partial charge in [-0.15, -0.1) is 0 Å². The number of hydrogen-bond donors (Lipinski definition) is 1. The van der Waals surface area contributed by atoms with E-state index in [4.69, 9.17) is 4.74 Å². The summed E-state index contributed by atoms with van der Waals surface area (Å²) in [6, 6.07) is 0.179. The van der Waals surface area contributed by atoms with Gasteiger partial charge in [0, 0.05) is 12.0 Å². The number of ether oxygens (including phenoxy) is 1. The van der Waals surface area contributed by atoms with Gasteiger partial charge in [0.05, 0.1) is 18.1 Å². The molecule has 2 saturated heterocycles. The van der Waals surface area contributed by atoms with Crippen molar-refractivity contribution in [3.05, 3.63) is 0 Å². The standard InChI is InChI=1S/C14H21NO3/c1-4-14-10-8-5-7(11(16)12(8)18-14)9(10)13(17)15(14)6(2)3/h6-12,16H,4-5H2,1-3H3/t7-,8-,9+,10+,11+,12-,14-/m0/s1. The Hall–Kier alpha value is -0.610. The van der Waals surface area contributed by atoms with Crippen LogP contribution in [0.5, 0.6) is 0 Å². The van der Waals surface area contributed by atoms with Gasteiger partial charge in [-0.2, -0.15) is 0 Å². The van der Waals surface area contributed by atoms with Crippen LogP contribution in [-0.4, -0.2) is 39.9 Å². The molecule has 1 N–H and O–H groups in total. The molecular formula is C14H21NO3. The van der Waals surface area contributed by atoms with Crippen LogP contribution in [0.3, 0.4) is 0 Å². The zero-order valence-corrected chi connectivity index (χ0v) is 11.2. The Kier molecular flexibility index (Phi) is 1.93. The molecule has 0 aromatic heterocycles. The zero-order chi connectivity index (χ0) is 12.8. The van der Waals surface area contributed by atoms with Crippen molar-refractivity contribution in [2.45, 2.75) is 57.6 Å². The number of aliphatic hydroxyl groups excluding tert-OH is 1. The Morgan fingerprint density at radius 3 is 2.83 bits per heavy atom. The Morgan fingerprint density at radius 1 is 1.50 bits per heavy atom. The maximum Gasteiger partial charge on any atom is 0.229 e. The van der Waals surface area contributed by atoms with E-state index in [2.05, 4.69) is 20.8 Å². The highest BCUT2D eigenvalue weighted by molar-refractivity contribution is 5.84. The Balaban J connectivity index is 1.87. The Morgan fingerprint density at radius 2 is 2.22 bits per heavy atom. The highest BCUT2D eigenvalue weighted by Gasteiger charge is 2.77. The van der Waals surface area contributed by atoms with Crippen LogP contribution in [0.15, 0.2) is 0 Å². The maximum atomic E-state index is 12.7. The van der Waals surface area contributed by atoms with Gasteiger partial charge in [-0.3, -0.25) is 4.79 Å². The van der Waals surface area contributed by atoms with E-state index in [0.717, 1.165) is 12.8 Å². The number of carbonyl (C=O) groups excluding carboxylic acids is 1. The fourth-order valence-electron chi connectivity index (χ4n) is 5.50. The van der Waals surface area contributed by atoms with Gasteiger partial charge in [0.2, 0.25) is 5.91 Å². The van der Waals surface area contributed by atoms with Crippen molar-refractivity contribution < 1.29 is 14.6 Å². The second-order valence-corrected chi connectivity index (χ2v) is 6.69. The first-order chi connectivity index (χ1) is 8.53. The normalized spacial score (nSPS) is 56.3. The molecule has 4 heteroatoms. The van der Waals surface area contributed by atoms with E-state index >= 15 is 0 Å². The lowest BCUT2D eigenvalue weighted by atomic mass is 9.76. The van der Waals surface area contributed by atoms with E-state index in [1.165, 1.54) is 0 Å². The van der Waals surface area contributed by atoms with Crippen molar-refractivity contribution in [2.24, 2.45) is 23.7 Å². The molecule has 7 atom stereocenters. The second kappa shape index (κ2) is 3.10. The third-order valence-electron chi connectivity index (χ3n) is 5.87. The zero-order valence-electron chi connectivity index (χ0n) is 11.2. The molecular weight excluding hydrogens is 230 g/mol. The third-order valence-corrected chi connectivity index (χ3v) is 5.87. The average Bonchev–Trinajstić information content (AvgIpc) is 2.94. The lowest BCUT2D eigenvalue weighted by Gasteiger charge is -2.40. The van der Waals surface area contributed by atoms with E-state index < -0.39 is 11.8 Å². The predicted octanol–water partition coefficient (Wildman–Crippen LogP) is 0.985. The number of carbonyl (C=O) groups is 1. The summed E-state index contributed by atoms with van der Waals surface area (Å²) >= 11 is 0. The van der Waals surface area contributed by atoms with E-state index in [0.29, 0.717) is 11.8 Å². The summed E-state index contributed by atoms with van der Waals surface area (Å²) in [5, 5.41) is 10.3. The summed E-state index contributed by atoms with van der Waals surface area (Å²) < 4.78 is 6.28. The van der Waals surface area contributed by atoms with Gasteiger partial charge in [-0.25, -0.2) is 0 Å². The molecule has 2 aliphatic heterocycles. The van der Waals surface area contributed by atoms with Crippen LogP contribution in [0.4, 0.5) is 0 Å². The Labute approximate surface area is 107 Å². The molecule has 100 valence electrons. The van der Waals surface area contributed by atoms with Crippen LogP contribution in [0.25, 0.3) is 0 Å². The smallest absolute Gasteiger partial charge is 0.229 e. The van der Waals surface area contributed by atoms with Gasteiger partial charge in [-0.05, 0) is 38.5 Å². The number of amides is 1. The number of nitrogens with zero attached hydrogens (tertiary/aromatic N) is 1. The minimum absolute atomic E-state index is 0.0195. The molecule has 2 heterocycles. The van der Waals surface area contributed by atoms with E-state index in [-0.39, 0.29) is 29.9 Å². The summed E-state index contributed by atoms with van der Waals surface area (Å²) in [6.07, 6.45) is 1.39. The van der Waals surface area contributed by atoms with Crippen LogP contribution < -0.4 is 0 Å². The van der Waals surface area contributed by atoms with Crippen LogP contribution in [0.2, 0.25) is 0 Å². The highest BCUT2D eigenvalue weighted by Crippen LogP contribution is 2.68. The molecule has 1 amide bonds. The highest BCUT2D eigenvalue weighted by atomic mass is 16.6. The van der Waals surface area contributed by atoms with E-state index in [1.807, 2.05) is 4.90 Å². The van der Waals surface area contributed by atoms with Gasteiger partial charge in [0.15, 0.2) is 0 Å². The van der Waals surface area contributed by atoms with E-state index in [1.54, 1.807) is 0 Å². The van der Waals surface area contributed by atoms with Crippen molar-refractivity contribution in [3.8, 4) is 0 Å². The van der Waals surface area contributed by atoms with Crippen molar-refractivity contribution in [3.63, 3.8) is 0 Å². The number of aliphatic hydroxyl groups is 1. The molecule has 4 aliphatic rings. The van der Waals surface area contributed by atoms with Gasteiger partial charge in [0.1, 0.15) is 5.72 Å². The molecule has 4 rings (SSSR count). The molecule has 0 aromatic carbocycles. The first kappa shape index (κ1) is 11.2. The molecule has 18 heavy (non-hydrogen) atoms. The van der Waals surface area contributed by atoms with Gasteiger partial charge < -0.3 is 14.7 Å². The van der Waals surface area contributed by atoms with Crippen molar-refractivity contribution >= 4 is 5.91 Å². The monoisotopic (exact) mass is 251 g/mol. The van der Waals surface area contributed by atoms with Crippen LogP contribution >= 0.6 is 0 Å². The summed E-state index contributed by atoms with van der Waals surface area (Å²) in [7, 11) is 0. The predicted molar refractivity (Wildman–Crippen MR) is 64.5 cm³/mol. The fraction of sp³-hybridized carbons (Fsp3) is 0.929. The maximum absolute atomic E-state index is 12.7. The van der Waals surface area contributed by atoms with Crippen LogP contribution in [-0.2, 0) is 9.53 Å². The largest absolute Gasteiger partial charge is 0.390 e. The first-order valence-corrected chi connectivity index (χ1v) is 7.22. The average molecular weight is 251 g/mol. The number of hydrogen-bond acceptors (Lipinski definition) is 3. The molecule has 2 aliphatic carbocycles. The molecule has 0 radical (unpaired) electrons. The van der Waals surface area contributed by atoms with Crippen molar-refractivity contribution in [2.75, 3.05) is 0 Å². The van der Waals surface area contributed by atoms with Gasteiger partial charge in [-0.1, -0.05) is 6.92 Å². The van der Waals surface area contributed by atoms with Crippen LogP contribution in [0, 0.1) is 23.7 Å². The van der Waals surface area contributed by atoms with Gasteiger partial charge >= 0.3 is 0 Å². The number of fused-ring (bicyclic) bond motifs is 2. The first-order valence-electron chi connectivity index (χ1n) is 7.22. The minimum Gasteiger partial charge on any atom is -0.390 e.